The van der Waals surface area contributed by atoms with Crippen molar-refractivity contribution in [3.05, 3.63) is 53.6 Å². The van der Waals surface area contributed by atoms with Crippen LogP contribution >= 0.6 is 0 Å². The Morgan fingerprint density at radius 1 is 1.00 bits per heavy atom. The van der Waals surface area contributed by atoms with Crippen LogP contribution in [0.2, 0.25) is 0 Å². The van der Waals surface area contributed by atoms with Crippen LogP contribution in [0, 0.1) is 0 Å². The average molecular weight is 238 g/mol. The Morgan fingerprint density at radius 2 is 1.83 bits per heavy atom. The lowest BCUT2D eigenvalue weighted by Gasteiger charge is -2.09. The molecule has 0 aliphatic heterocycles. The molecule has 0 N–H and O–H groups in total. The lowest BCUT2D eigenvalue weighted by molar-refractivity contribution is 0.0994. The third-order valence-corrected chi connectivity index (χ3v) is 3.45. The fraction of sp³-hybridized carbons (Fsp3) is 0.188. The van der Waals surface area contributed by atoms with Gasteiger partial charge < -0.3 is 4.74 Å². The Morgan fingerprint density at radius 3 is 2.67 bits per heavy atom. The zero-order chi connectivity index (χ0) is 12.5. The van der Waals surface area contributed by atoms with Crippen molar-refractivity contribution >= 4 is 5.78 Å². The summed E-state index contributed by atoms with van der Waals surface area (Å²) in [5.41, 5.74) is 4.11. The minimum atomic E-state index is 0.252. The molecule has 3 rings (SSSR count). The molecule has 0 saturated carbocycles. The van der Waals surface area contributed by atoms with Gasteiger partial charge in [0.25, 0.3) is 0 Å². The zero-order valence-corrected chi connectivity index (χ0v) is 10.3. The van der Waals surface area contributed by atoms with Gasteiger partial charge in [0.1, 0.15) is 5.75 Å². The number of ketones is 1. The quantitative estimate of drug-likeness (QED) is 0.800. The van der Waals surface area contributed by atoms with Gasteiger partial charge in [0, 0.05) is 17.5 Å². The minimum absolute atomic E-state index is 0.252. The highest BCUT2D eigenvalue weighted by Crippen LogP contribution is 2.33. The molecule has 0 atom stereocenters. The van der Waals surface area contributed by atoms with E-state index in [2.05, 4.69) is 12.1 Å². The molecule has 2 heteroatoms. The maximum atomic E-state index is 11.8. The molecule has 0 saturated heterocycles. The summed E-state index contributed by atoms with van der Waals surface area (Å²) in [6, 6.07) is 14.0. The van der Waals surface area contributed by atoms with E-state index in [1.807, 2.05) is 30.3 Å². The first-order valence-corrected chi connectivity index (χ1v) is 6.09. The Labute approximate surface area is 106 Å². The van der Waals surface area contributed by atoms with Crippen molar-refractivity contribution in [2.45, 2.75) is 12.8 Å². The Bertz CT molecular complexity index is 614. The normalized spacial score (nSPS) is 13.5. The number of benzene rings is 2. The second-order valence-electron chi connectivity index (χ2n) is 4.50. The first kappa shape index (κ1) is 11.0. The fourth-order valence-electron chi connectivity index (χ4n) is 2.49. The molecular weight excluding hydrogens is 224 g/mol. The van der Waals surface area contributed by atoms with Crippen molar-refractivity contribution in [2.24, 2.45) is 0 Å². The molecule has 1 aliphatic carbocycles. The number of fused-ring (bicyclic) bond motifs is 1. The van der Waals surface area contributed by atoms with E-state index in [0.717, 1.165) is 28.9 Å². The topological polar surface area (TPSA) is 26.3 Å². The van der Waals surface area contributed by atoms with E-state index in [4.69, 9.17) is 4.74 Å². The number of ether oxygens (including phenoxy) is 1. The number of rotatable bonds is 2. The molecule has 2 aromatic carbocycles. The highest BCUT2D eigenvalue weighted by Gasteiger charge is 2.20. The molecular formula is C16H14O2. The van der Waals surface area contributed by atoms with Gasteiger partial charge in [-0.3, -0.25) is 4.79 Å². The van der Waals surface area contributed by atoms with Gasteiger partial charge in [-0.05, 0) is 29.7 Å². The molecule has 1 aliphatic rings. The number of carbonyl (C=O) groups excluding carboxylic acids is 1. The molecule has 0 heterocycles. The van der Waals surface area contributed by atoms with Crippen molar-refractivity contribution in [3.8, 4) is 16.9 Å². The predicted octanol–water partition coefficient (Wildman–Crippen LogP) is 3.49. The fourth-order valence-corrected chi connectivity index (χ4v) is 2.49. The third kappa shape index (κ3) is 1.70. The van der Waals surface area contributed by atoms with E-state index in [1.165, 1.54) is 5.56 Å². The Hall–Kier alpha value is -2.09. The SMILES string of the molecule is COc1ccccc1-c1ccc2c(c1)C(=O)CC2. The first-order valence-electron chi connectivity index (χ1n) is 6.09. The van der Waals surface area contributed by atoms with Crippen LogP contribution in [-0.2, 0) is 6.42 Å². The molecule has 18 heavy (non-hydrogen) atoms. The first-order chi connectivity index (χ1) is 8.79. The maximum Gasteiger partial charge on any atom is 0.163 e. The smallest absolute Gasteiger partial charge is 0.163 e. The number of aryl methyl sites for hydroxylation is 1. The number of hydrogen-bond acceptors (Lipinski definition) is 2. The monoisotopic (exact) mass is 238 g/mol. The van der Waals surface area contributed by atoms with E-state index >= 15 is 0 Å². The van der Waals surface area contributed by atoms with Crippen LogP contribution in [0.3, 0.4) is 0 Å². The summed E-state index contributed by atoms with van der Waals surface area (Å²) < 4.78 is 5.36. The summed E-state index contributed by atoms with van der Waals surface area (Å²) in [6.45, 7) is 0. The van der Waals surface area contributed by atoms with Crippen LogP contribution < -0.4 is 4.74 Å². The average Bonchev–Trinajstić information content (AvgIpc) is 2.80. The summed E-state index contributed by atoms with van der Waals surface area (Å²) in [4.78, 5) is 11.8. The second-order valence-corrected chi connectivity index (χ2v) is 4.50. The van der Waals surface area contributed by atoms with Gasteiger partial charge in [-0.1, -0.05) is 30.3 Å². The van der Waals surface area contributed by atoms with Crippen LogP contribution in [0.25, 0.3) is 11.1 Å². The molecule has 0 aromatic heterocycles. The van der Waals surface area contributed by atoms with Crippen LogP contribution in [0.15, 0.2) is 42.5 Å². The lowest BCUT2D eigenvalue weighted by Crippen LogP contribution is -1.93. The molecule has 0 unspecified atom stereocenters. The van der Waals surface area contributed by atoms with Gasteiger partial charge >= 0.3 is 0 Å². The number of hydrogen-bond donors (Lipinski definition) is 0. The van der Waals surface area contributed by atoms with Crippen molar-refractivity contribution < 1.29 is 9.53 Å². The van der Waals surface area contributed by atoms with Gasteiger partial charge in [-0.25, -0.2) is 0 Å². The van der Waals surface area contributed by atoms with Crippen LogP contribution in [0.4, 0.5) is 0 Å². The summed E-state index contributed by atoms with van der Waals surface area (Å²) >= 11 is 0. The van der Waals surface area contributed by atoms with Gasteiger partial charge in [-0.2, -0.15) is 0 Å². The standard InChI is InChI=1S/C16H14O2/c1-18-16-5-3-2-4-13(16)12-7-6-11-8-9-15(17)14(11)10-12/h2-7,10H,8-9H2,1H3. The van der Waals surface area contributed by atoms with Crippen LogP contribution in [0.5, 0.6) is 5.75 Å². The van der Waals surface area contributed by atoms with Crippen molar-refractivity contribution in [1.82, 2.24) is 0 Å². The number of para-hydroxylation sites is 1. The van der Waals surface area contributed by atoms with E-state index in [9.17, 15) is 4.79 Å². The number of Topliss-reactive ketones (excluding diaryl/α,β-unsaturated/α-hetero) is 1. The van der Waals surface area contributed by atoms with Gasteiger partial charge in [0.05, 0.1) is 7.11 Å². The highest BCUT2D eigenvalue weighted by molar-refractivity contribution is 6.01. The van der Waals surface area contributed by atoms with Crippen molar-refractivity contribution in [2.75, 3.05) is 7.11 Å². The van der Waals surface area contributed by atoms with Crippen molar-refractivity contribution in [3.63, 3.8) is 0 Å². The molecule has 2 nitrogen and oxygen atoms in total. The predicted molar refractivity (Wildman–Crippen MR) is 71.1 cm³/mol. The summed E-state index contributed by atoms with van der Waals surface area (Å²) in [5, 5.41) is 0. The van der Waals surface area contributed by atoms with E-state index in [1.54, 1.807) is 7.11 Å². The van der Waals surface area contributed by atoms with Gasteiger partial charge in [-0.15, -0.1) is 0 Å². The van der Waals surface area contributed by atoms with Gasteiger partial charge in [0.15, 0.2) is 5.78 Å². The summed E-state index contributed by atoms with van der Waals surface area (Å²) in [7, 11) is 1.66. The Kier molecular flexibility index (Phi) is 2.63. The Balaban J connectivity index is 2.13. The molecule has 0 bridgehead atoms. The van der Waals surface area contributed by atoms with Gasteiger partial charge in [0.2, 0.25) is 0 Å². The maximum absolute atomic E-state index is 11.8. The second kappa shape index (κ2) is 4.30. The van der Waals surface area contributed by atoms with Crippen LogP contribution in [-0.4, -0.2) is 12.9 Å². The molecule has 90 valence electrons. The van der Waals surface area contributed by atoms with Crippen LogP contribution in [0.1, 0.15) is 22.3 Å². The summed E-state index contributed by atoms with van der Waals surface area (Å²) in [5.74, 6) is 1.09. The van der Waals surface area contributed by atoms with E-state index in [-0.39, 0.29) is 5.78 Å². The molecule has 0 amide bonds. The minimum Gasteiger partial charge on any atom is -0.496 e. The molecule has 0 spiro atoms. The lowest BCUT2D eigenvalue weighted by atomic mass is 9.99. The third-order valence-electron chi connectivity index (χ3n) is 3.45. The van der Waals surface area contributed by atoms with E-state index in [0.29, 0.717) is 6.42 Å². The largest absolute Gasteiger partial charge is 0.496 e. The molecule has 0 radical (unpaired) electrons. The van der Waals surface area contributed by atoms with Crippen molar-refractivity contribution in [1.29, 1.82) is 0 Å². The molecule has 2 aromatic rings. The van der Waals surface area contributed by atoms with E-state index < -0.39 is 0 Å². The zero-order valence-electron chi connectivity index (χ0n) is 10.3. The number of methoxy groups -OCH3 is 1. The molecule has 0 fully saturated rings. The number of carbonyl (C=O) groups is 1. The summed E-state index contributed by atoms with van der Waals surface area (Å²) in [6.07, 6.45) is 1.52. The highest BCUT2D eigenvalue weighted by atomic mass is 16.5.